The summed E-state index contributed by atoms with van der Waals surface area (Å²) in [6.07, 6.45) is 1.68. The third kappa shape index (κ3) is 4.79. The molecule has 0 bridgehead atoms. The van der Waals surface area contributed by atoms with Gasteiger partial charge >= 0.3 is 0 Å². The van der Waals surface area contributed by atoms with E-state index in [1.165, 1.54) is 18.2 Å². The monoisotopic (exact) mass is 326 g/mol. The van der Waals surface area contributed by atoms with Crippen LogP contribution in [0, 0.1) is 11.6 Å². The number of hydrogen-bond acceptors (Lipinski definition) is 3. The maximum atomic E-state index is 13.8. The van der Waals surface area contributed by atoms with Gasteiger partial charge in [0.1, 0.15) is 17.3 Å². The first-order valence-electron chi connectivity index (χ1n) is 7.80. The van der Waals surface area contributed by atoms with Crippen molar-refractivity contribution >= 4 is 11.6 Å². The molecule has 1 aliphatic rings. The standard InChI is InChI=1S/C16H24F2N4O/c1-19-16(20-8-4-10-23-2)21-12-7-9-22(11-12)15-13(17)5-3-6-14(15)18/h3,5-6,12H,4,7-11H2,1-2H3,(H2,19,20,21). The van der Waals surface area contributed by atoms with Crippen LogP contribution < -0.4 is 15.5 Å². The number of benzene rings is 1. The lowest BCUT2D eigenvalue weighted by molar-refractivity contribution is 0.195. The highest BCUT2D eigenvalue weighted by Crippen LogP contribution is 2.26. The van der Waals surface area contributed by atoms with Crippen LogP contribution in [-0.4, -0.2) is 52.4 Å². The van der Waals surface area contributed by atoms with Crippen molar-refractivity contribution in [2.45, 2.75) is 18.9 Å². The molecule has 128 valence electrons. The molecule has 0 amide bonds. The van der Waals surface area contributed by atoms with Gasteiger partial charge in [0.15, 0.2) is 5.96 Å². The molecule has 2 rings (SSSR count). The Morgan fingerprint density at radius 3 is 2.78 bits per heavy atom. The summed E-state index contributed by atoms with van der Waals surface area (Å²) in [5.74, 6) is -0.345. The van der Waals surface area contributed by atoms with E-state index in [1.54, 1.807) is 19.1 Å². The predicted molar refractivity (Wildman–Crippen MR) is 88.0 cm³/mol. The molecule has 7 heteroatoms. The van der Waals surface area contributed by atoms with E-state index in [9.17, 15) is 8.78 Å². The van der Waals surface area contributed by atoms with Gasteiger partial charge in [-0.3, -0.25) is 4.99 Å². The molecule has 23 heavy (non-hydrogen) atoms. The Kier molecular flexibility index (Phi) is 6.58. The maximum absolute atomic E-state index is 13.8. The average Bonchev–Trinajstić information content (AvgIpc) is 2.98. The zero-order chi connectivity index (χ0) is 16.7. The molecule has 0 aromatic heterocycles. The molecule has 1 aliphatic heterocycles. The van der Waals surface area contributed by atoms with Gasteiger partial charge in [0.25, 0.3) is 0 Å². The molecule has 5 nitrogen and oxygen atoms in total. The van der Waals surface area contributed by atoms with Gasteiger partial charge in [0, 0.05) is 46.4 Å². The molecule has 0 saturated carbocycles. The molecule has 2 N–H and O–H groups in total. The van der Waals surface area contributed by atoms with Crippen LogP contribution in [0.15, 0.2) is 23.2 Å². The minimum atomic E-state index is -0.521. The number of nitrogens with zero attached hydrogens (tertiary/aromatic N) is 2. The van der Waals surface area contributed by atoms with Crippen molar-refractivity contribution in [2.24, 2.45) is 4.99 Å². The summed E-state index contributed by atoms with van der Waals surface area (Å²) in [5.41, 5.74) is 0.0554. The van der Waals surface area contributed by atoms with Gasteiger partial charge in [-0.05, 0) is 25.0 Å². The fourth-order valence-electron chi connectivity index (χ4n) is 2.68. The van der Waals surface area contributed by atoms with Crippen molar-refractivity contribution in [2.75, 3.05) is 45.3 Å². The molecule has 1 heterocycles. The summed E-state index contributed by atoms with van der Waals surface area (Å²) in [5, 5.41) is 6.49. The SMILES string of the molecule is CN=C(NCCCOC)NC1CCN(c2c(F)cccc2F)C1. The lowest BCUT2D eigenvalue weighted by Crippen LogP contribution is -2.45. The van der Waals surface area contributed by atoms with Crippen LogP contribution in [0.2, 0.25) is 0 Å². The van der Waals surface area contributed by atoms with Crippen LogP contribution in [-0.2, 0) is 4.74 Å². The van der Waals surface area contributed by atoms with Crippen molar-refractivity contribution in [1.82, 2.24) is 10.6 Å². The van der Waals surface area contributed by atoms with E-state index < -0.39 is 11.6 Å². The third-order valence-corrected chi connectivity index (χ3v) is 3.82. The lowest BCUT2D eigenvalue weighted by atomic mass is 10.2. The number of halogens is 2. The fraction of sp³-hybridized carbons (Fsp3) is 0.562. The first kappa shape index (κ1) is 17.5. The summed E-state index contributed by atoms with van der Waals surface area (Å²) in [6, 6.07) is 4.05. The summed E-state index contributed by atoms with van der Waals surface area (Å²) in [6.45, 7) is 2.59. The average molecular weight is 326 g/mol. The number of methoxy groups -OCH3 is 1. The number of guanidine groups is 1. The highest BCUT2D eigenvalue weighted by molar-refractivity contribution is 5.80. The smallest absolute Gasteiger partial charge is 0.191 e. The fourth-order valence-corrected chi connectivity index (χ4v) is 2.68. The first-order valence-corrected chi connectivity index (χ1v) is 7.80. The first-order chi connectivity index (χ1) is 11.2. The van der Waals surface area contributed by atoms with E-state index in [2.05, 4.69) is 15.6 Å². The lowest BCUT2D eigenvalue weighted by Gasteiger charge is -2.21. The van der Waals surface area contributed by atoms with Crippen LogP contribution in [0.25, 0.3) is 0 Å². The van der Waals surface area contributed by atoms with Crippen LogP contribution in [0.4, 0.5) is 14.5 Å². The normalized spacial score (nSPS) is 18.3. The molecule has 1 aromatic rings. The largest absolute Gasteiger partial charge is 0.385 e. The quantitative estimate of drug-likeness (QED) is 0.475. The van der Waals surface area contributed by atoms with Crippen molar-refractivity contribution in [3.05, 3.63) is 29.8 Å². The highest BCUT2D eigenvalue weighted by atomic mass is 19.1. The molecule has 0 aliphatic carbocycles. The number of hydrogen-bond donors (Lipinski definition) is 2. The summed E-state index contributed by atoms with van der Waals surface area (Å²) < 4.78 is 32.7. The Morgan fingerprint density at radius 1 is 1.39 bits per heavy atom. The minimum absolute atomic E-state index is 0.0554. The Bertz CT molecular complexity index is 519. The summed E-state index contributed by atoms with van der Waals surface area (Å²) in [4.78, 5) is 5.91. The van der Waals surface area contributed by atoms with Crippen LogP contribution in [0.1, 0.15) is 12.8 Å². The number of rotatable bonds is 6. The third-order valence-electron chi connectivity index (χ3n) is 3.82. The van der Waals surface area contributed by atoms with Crippen molar-refractivity contribution in [3.8, 4) is 0 Å². The van der Waals surface area contributed by atoms with Gasteiger partial charge in [-0.1, -0.05) is 6.07 Å². The Morgan fingerprint density at radius 2 is 2.13 bits per heavy atom. The summed E-state index contributed by atoms with van der Waals surface area (Å²) in [7, 11) is 3.37. The van der Waals surface area contributed by atoms with Crippen LogP contribution in [0.5, 0.6) is 0 Å². The highest BCUT2D eigenvalue weighted by Gasteiger charge is 2.27. The predicted octanol–water partition coefficient (Wildman–Crippen LogP) is 1.74. The Hall–Kier alpha value is -1.89. The topological polar surface area (TPSA) is 48.9 Å². The van der Waals surface area contributed by atoms with Gasteiger partial charge in [-0.25, -0.2) is 8.78 Å². The second-order valence-electron chi connectivity index (χ2n) is 5.49. The van der Waals surface area contributed by atoms with Gasteiger partial charge in [0.05, 0.1) is 0 Å². The zero-order valence-corrected chi connectivity index (χ0v) is 13.6. The molecule has 0 radical (unpaired) electrons. The Balaban J connectivity index is 1.87. The molecule has 1 unspecified atom stereocenters. The second kappa shape index (κ2) is 8.67. The summed E-state index contributed by atoms with van der Waals surface area (Å²) >= 11 is 0. The number of ether oxygens (including phenoxy) is 1. The molecular weight excluding hydrogens is 302 g/mol. The van der Waals surface area contributed by atoms with Gasteiger partial charge in [0.2, 0.25) is 0 Å². The van der Waals surface area contributed by atoms with E-state index in [-0.39, 0.29) is 11.7 Å². The van der Waals surface area contributed by atoms with E-state index in [0.717, 1.165) is 19.4 Å². The minimum Gasteiger partial charge on any atom is -0.385 e. The van der Waals surface area contributed by atoms with Crippen molar-refractivity contribution in [1.29, 1.82) is 0 Å². The van der Waals surface area contributed by atoms with Gasteiger partial charge < -0.3 is 20.3 Å². The number of para-hydroxylation sites is 1. The van der Waals surface area contributed by atoms with Gasteiger partial charge in [-0.2, -0.15) is 0 Å². The van der Waals surface area contributed by atoms with Crippen molar-refractivity contribution in [3.63, 3.8) is 0 Å². The van der Waals surface area contributed by atoms with E-state index in [0.29, 0.717) is 25.7 Å². The van der Waals surface area contributed by atoms with E-state index in [1.807, 2.05) is 0 Å². The molecule has 1 fully saturated rings. The maximum Gasteiger partial charge on any atom is 0.191 e. The number of anilines is 1. The molecule has 1 atom stereocenters. The molecule has 0 spiro atoms. The van der Waals surface area contributed by atoms with Gasteiger partial charge in [-0.15, -0.1) is 0 Å². The number of nitrogens with one attached hydrogen (secondary N) is 2. The molecule has 1 aromatic carbocycles. The number of aliphatic imine (C=N–C) groups is 1. The zero-order valence-electron chi connectivity index (χ0n) is 13.6. The van der Waals surface area contributed by atoms with E-state index in [4.69, 9.17) is 4.74 Å². The van der Waals surface area contributed by atoms with Crippen LogP contribution >= 0.6 is 0 Å². The second-order valence-corrected chi connectivity index (χ2v) is 5.49. The van der Waals surface area contributed by atoms with Crippen molar-refractivity contribution < 1.29 is 13.5 Å². The Labute approximate surface area is 135 Å². The van der Waals surface area contributed by atoms with Crippen LogP contribution in [0.3, 0.4) is 0 Å². The molecule has 1 saturated heterocycles. The van der Waals surface area contributed by atoms with E-state index >= 15 is 0 Å². The molecular formula is C16H24F2N4O.